The van der Waals surface area contributed by atoms with E-state index in [1.807, 2.05) is 30.5 Å². The molecule has 0 aliphatic rings. The van der Waals surface area contributed by atoms with Gasteiger partial charge in [0.1, 0.15) is 0 Å². The van der Waals surface area contributed by atoms with E-state index in [1.54, 1.807) is 6.07 Å². The lowest BCUT2D eigenvalue weighted by atomic mass is 10.1. The van der Waals surface area contributed by atoms with Gasteiger partial charge in [0.15, 0.2) is 6.29 Å². The van der Waals surface area contributed by atoms with Crippen LogP contribution in [-0.2, 0) is 0 Å². The van der Waals surface area contributed by atoms with Gasteiger partial charge in [-0.25, -0.2) is 0 Å². The van der Waals surface area contributed by atoms with E-state index in [2.05, 4.69) is 16.0 Å². The monoisotopic (exact) mass is 210 g/mol. The van der Waals surface area contributed by atoms with E-state index in [-0.39, 0.29) is 0 Å². The van der Waals surface area contributed by atoms with Crippen LogP contribution in [0.2, 0.25) is 0 Å². The van der Waals surface area contributed by atoms with Crippen LogP contribution < -0.4 is 0 Å². The van der Waals surface area contributed by atoms with Crippen molar-refractivity contribution in [2.75, 3.05) is 0 Å². The first-order valence-electron chi connectivity index (χ1n) is 5.09. The fraction of sp³-hybridized carbons (Fsp3) is 0. The van der Waals surface area contributed by atoms with E-state index in [0.29, 0.717) is 5.69 Å². The van der Waals surface area contributed by atoms with Crippen molar-refractivity contribution < 1.29 is 4.79 Å². The number of carbonyl (C=O) groups excluding carboxylic acids is 1. The molecule has 0 saturated heterocycles. The molecule has 3 rings (SSSR count). The molecule has 0 radical (unpaired) electrons. The summed E-state index contributed by atoms with van der Waals surface area (Å²) in [6, 6.07) is 11.8. The molecule has 78 valence electrons. The van der Waals surface area contributed by atoms with Gasteiger partial charge in [-0.15, -0.1) is 0 Å². The normalized spacial score (nSPS) is 10.8. The summed E-state index contributed by atoms with van der Waals surface area (Å²) in [7, 11) is 0. The highest BCUT2D eigenvalue weighted by atomic mass is 16.1. The molecule has 2 N–H and O–H groups in total. The molecule has 1 aromatic carbocycles. The van der Waals surface area contributed by atoms with E-state index >= 15 is 0 Å². The van der Waals surface area contributed by atoms with Crippen LogP contribution in [0.15, 0.2) is 42.6 Å². The van der Waals surface area contributed by atoms with Crippen molar-refractivity contribution >= 4 is 17.2 Å². The molecule has 0 saturated carbocycles. The van der Waals surface area contributed by atoms with Crippen molar-refractivity contribution in [3.05, 3.63) is 48.3 Å². The third-order valence-corrected chi connectivity index (χ3v) is 2.71. The maximum atomic E-state index is 10.6. The van der Waals surface area contributed by atoms with Gasteiger partial charge in [-0.3, -0.25) is 4.79 Å². The third kappa shape index (κ3) is 1.26. The standard InChI is InChI=1S/C13H10N2O/c16-8-9-5-6-13(15-9)11-7-14-12-4-2-1-3-10(11)12/h1-8,14-15H. The van der Waals surface area contributed by atoms with Crippen molar-refractivity contribution in [2.24, 2.45) is 0 Å². The molecule has 0 unspecified atom stereocenters. The maximum absolute atomic E-state index is 10.6. The molecular weight excluding hydrogens is 200 g/mol. The maximum Gasteiger partial charge on any atom is 0.166 e. The molecule has 0 amide bonds. The number of aldehydes is 1. The number of hydrogen-bond donors (Lipinski definition) is 2. The lowest BCUT2D eigenvalue weighted by Crippen LogP contribution is -1.79. The minimum Gasteiger partial charge on any atom is -0.360 e. The molecule has 0 atom stereocenters. The average molecular weight is 210 g/mol. The molecule has 3 aromatic rings. The van der Waals surface area contributed by atoms with E-state index in [9.17, 15) is 4.79 Å². The van der Waals surface area contributed by atoms with Crippen LogP contribution in [0, 0.1) is 0 Å². The van der Waals surface area contributed by atoms with E-state index in [4.69, 9.17) is 0 Å². The predicted molar refractivity (Wildman–Crippen MR) is 63.5 cm³/mol. The zero-order valence-corrected chi connectivity index (χ0v) is 8.53. The molecule has 3 heteroatoms. The van der Waals surface area contributed by atoms with Gasteiger partial charge in [0.05, 0.1) is 5.69 Å². The summed E-state index contributed by atoms with van der Waals surface area (Å²) < 4.78 is 0. The summed E-state index contributed by atoms with van der Waals surface area (Å²) in [5.41, 5.74) is 3.74. The summed E-state index contributed by atoms with van der Waals surface area (Å²) in [6.45, 7) is 0. The summed E-state index contributed by atoms with van der Waals surface area (Å²) >= 11 is 0. The smallest absolute Gasteiger partial charge is 0.166 e. The second-order valence-electron chi connectivity index (χ2n) is 3.69. The lowest BCUT2D eigenvalue weighted by molar-refractivity contribution is 0.111. The first-order valence-corrected chi connectivity index (χ1v) is 5.09. The fourth-order valence-corrected chi connectivity index (χ4v) is 1.93. The highest BCUT2D eigenvalue weighted by Gasteiger charge is 2.06. The van der Waals surface area contributed by atoms with Crippen LogP contribution in [0.4, 0.5) is 0 Å². The second kappa shape index (κ2) is 3.38. The van der Waals surface area contributed by atoms with Crippen LogP contribution in [0.25, 0.3) is 22.2 Å². The second-order valence-corrected chi connectivity index (χ2v) is 3.69. The van der Waals surface area contributed by atoms with Crippen molar-refractivity contribution in [2.45, 2.75) is 0 Å². The molecule has 16 heavy (non-hydrogen) atoms. The van der Waals surface area contributed by atoms with Crippen LogP contribution in [0.3, 0.4) is 0 Å². The summed E-state index contributed by atoms with van der Waals surface area (Å²) in [5, 5.41) is 1.15. The van der Waals surface area contributed by atoms with Crippen LogP contribution in [0.1, 0.15) is 10.5 Å². The van der Waals surface area contributed by atoms with Gasteiger partial charge in [0, 0.05) is 28.4 Å². The quantitative estimate of drug-likeness (QED) is 0.627. The van der Waals surface area contributed by atoms with Crippen molar-refractivity contribution in [1.29, 1.82) is 0 Å². The molecule has 2 heterocycles. The number of aromatic nitrogens is 2. The van der Waals surface area contributed by atoms with Crippen LogP contribution in [-0.4, -0.2) is 16.3 Å². The SMILES string of the molecule is O=Cc1ccc(-c2c[nH]c3ccccc23)[nH]1. The fourth-order valence-electron chi connectivity index (χ4n) is 1.93. The zero-order chi connectivity index (χ0) is 11.0. The Morgan fingerprint density at radius 3 is 2.75 bits per heavy atom. The number of rotatable bonds is 2. The summed E-state index contributed by atoms with van der Waals surface area (Å²) in [6.07, 6.45) is 2.77. The molecule has 0 aliphatic heterocycles. The number of hydrogen-bond acceptors (Lipinski definition) is 1. The van der Waals surface area contributed by atoms with Gasteiger partial charge in [0.25, 0.3) is 0 Å². The highest BCUT2D eigenvalue weighted by Crippen LogP contribution is 2.27. The molecular formula is C13H10N2O. The van der Waals surface area contributed by atoms with Gasteiger partial charge in [-0.2, -0.15) is 0 Å². The molecule has 2 aromatic heterocycles. The van der Waals surface area contributed by atoms with Gasteiger partial charge in [-0.05, 0) is 18.2 Å². The number of para-hydroxylation sites is 1. The summed E-state index contributed by atoms with van der Waals surface area (Å²) in [5.74, 6) is 0. The number of H-pyrrole nitrogens is 2. The Bertz CT molecular complexity index is 649. The minimum atomic E-state index is 0.597. The van der Waals surface area contributed by atoms with E-state index in [1.165, 1.54) is 0 Å². The van der Waals surface area contributed by atoms with Gasteiger partial charge in [-0.1, -0.05) is 18.2 Å². The first kappa shape index (κ1) is 8.97. The van der Waals surface area contributed by atoms with Gasteiger partial charge < -0.3 is 9.97 Å². The molecule has 0 bridgehead atoms. The Labute approximate surface area is 92.1 Å². The Balaban J connectivity index is 2.21. The number of nitrogens with one attached hydrogen (secondary N) is 2. The number of aromatic amines is 2. The zero-order valence-electron chi connectivity index (χ0n) is 8.53. The number of benzene rings is 1. The predicted octanol–water partition coefficient (Wildman–Crippen LogP) is 2.98. The topological polar surface area (TPSA) is 48.6 Å². The van der Waals surface area contributed by atoms with Crippen LogP contribution in [0.5, 0.6) is 0 Å². The first-order chi connectivity index (χ1) is 7.88. The van der Waals surface area contributed by atoms with Crippen molar-refractivity contribution in [3.63, 3.8) is 0 Å². The minimum absolute atomic E-state index is 0.597. The Hall–Kier alpha value is -2.29. The Kier molecular flexibility index (Phi) is 1.90. The van der Waals surface area contributed by atoms with Gasteiger partial charge in [0.2, 0.25) is 0 Å². The highest BCUT2D eigenvalue weighted by molar-refractivity contribution is 5.95. The van der Waals surface area contributed by atoms with Crippen LogP contribution >= 0.6 is 0 Å². The molecule has 0 aliphatic carbocycles. The lowest BCUT2D eigenvalue weighted by Gasteiger charge is -1.94. The molecule has 0 fully saturated rings. The average Bonchev–Trinajstić information content (AvgIpc) is 2.94. The van der Waals surface area contributed by atoms with E-state index in [0.717, 1.165) is 28.4 Å². The molecule has 0 spiro atoms. The summed E-state index contributed by atoms with van der Waals surface area (Å²) in [4.78, 5) is 16.9. The van der Waals surface area contributed by atoms with Crippen molar-refractivity contribution in [1.82, 2.24) is 9.97 Å². The Morgan fingerprint density at radius 2 is 1.94 bits per heavy atom. The largest absolute Gasteiger partial charge is 0.360 e. The number of carbonyl (C=O) groups is 1. The van der Waals surface area contributed by atoms with Gasteiger partial charge >= 0.3 is 0 Å². The molecule has 3 nitrogen and oxygen atoms in total. The van der Waals surface area contributed by atoms with E-state index < -0.39 is 0 Å². The van der Waals surface area contributed by atoms with Crippen molar-refractivity contribution in [3.8, 4) is 11.3 Å². The number of fused-ring (bicyclic) bond motifs is 1. The Morgan fingerprint density at radius 1 is 1.06 bits per heavy atom. The third-order valence-electron chi connectivity index (χ3n) is 2.71.